The van der Waals surface area contributed by atoms with Gasteiger partial charge in [0.25, 0.3) is 10.0 Å². The number of nitriles is 1. The monoisotopic (exact) mass is 305 g/mol. The van der Waals surface area contributed by atoms with Crippen molar-refractivity contribution in [3.05, 3.63) is 29.8 Å². The summed E-state index contributed by atoms with van der Waals surface area (Å²) in [4.78, 5) is 1.73. The van der Waals surface area contributed by atoms with Crippen molar-refractivity contribution in [1.82, 2.24) is 4.90 Å². The summed E-state index contributed by atoms with van der Waals surface area (Å²) in [5, 5.41) is 9.11. The van der Waals surface area contributed by atoms with Crippen LogP contribution in [0.1, 0.15) is 25.3 Å². The van der Waals surface area contributed by atoms with Gasteiger partial charge in [0.05, 0.1) is 16.9 Å². The number of benzene rings is 1. The van der Waals surface area contributed by atoms with Crippen LogP contribution < -0.4 is 0 Å². The molecule has 2 atom stereocenters. The zero-order valence-electron chi connectivity index (χ0n) is 12.6. The van der Waals surface area contributed by atoms with Gasteiger partial charge in [-0.25, -0.2) is 0 Å². The molecule has 1 aliphatic rings. The Morgan fingerprint density at radius 1 is 1.29 bits per heavy atom. The molecule has 6 heteroatoms. The predicted octanol–water partition coefficient (Wildman–Crippen LogP) is 2.23. The van der Waals surface area contributed by atoms with E-state index in [-0.39, 0.29) is 22.1 Å². The second kappa shape index (κ2) is 5.15. The van der Waals surface area contributed by atoms with Gasteiger partial charge in [-0.3, -0.25) is 0 Å². The highest BCUT2D eigenvalue weighted by Crippen LogP contribution is 2.63. The van der Waals surface area contributed by atoms with E-state index >= 15 is 0 Å². The quantitative estimate of drug-likeness (QED) is 0.631. The van der Waals surface area contributed by atoms with E-state index in [0.29, 0.717) is 0 Å². The van der Waals surface area contributed by atoms with Crippen molar-refractivity contribution in [2.75, 3.05) is 14.1 Å². The molecule has 1 aliphatic carbocycles. The molecule has 0 spiro atoms. The molecule has 112 valence electrons. The predicted molar refractivity (Wildman–Crippen MR) is 81.4 cm³/mol. The van der Waals surface area contributed by atoms with Crippen molar-refractivity contribution in [1.29, 1.82) is 5.26 Å². The van der Waals surface area contributed by atoms with Gasteiger partial charge in [-0.1, -0.05) is 26.0 Å². The molecule has 5 nitrogen and oxygen atoms in total. The fourth-order valence-electron chi connectivity index (χ4n) is 2.57. The van der Waals surface area contributed by atoms with E-state index in [1.807, 2.05) is 0 Å². The van der Waals surface area contributed by atoms with Crippen LogP contribution in [0, 0.1) is 22.7 Å². The topological polar surface area (TPSA) is 73.5 Å². The first-order chi connectivity index (χ1) is 9.70. The van der Waals surface area contributed by atoms with E-state index in [0.717, 1.165) is 5.56 Å². The van der Waals surface area contributed by atoms with Crippen molar-refractivity contribution in [2.45, 2.75) is 24.7 Å². The van der Waals surface area contributed by atoms with Crippen molar-refractivity contribution < 1.29 is 8.42 Å². The van der Waals surface area contributed by atoms with Gasteiger partial charge in [-0.2, -0.15) is 13.7 Å². The molecule has 0 N–H and O–H groups in total. The summed E-state index contributed by atoms with van der Waals surface area (Å²) < 4.78 is 27.6. The second-order valence-corrected chi connectivity index (χ2v) is 7.77. The maximum atomic E-state index is 12.0. The number of hydrogen-bond donors (Lipinski definition) is 0. The molecule has 0 aliphatic heterocycles. The van der Waals surface area contributed by atoms with Gasteiger partial charge in [-0.05, 0) is 23.1 Å². The molecule has 0 amide bonds. The lowest BCUT2D eigenvalue weighted by Crippen LogP contribution is -2.10. The number of sulfonamides is 1. The lowest BCUT2D eigenvalue weighted by molar-refractivity contribution is 0.594. The molecular weight excluding hydrogens is 286 g/mol. The summed E-state index contributed by atoms with van der Waals surface area (Å²) in [6, 6.07) is 8.98. The molecule has 1 aromatic carbocycles. The average molecular weight is 305 g/mol. The van der Waals surface area contributed by atoms with Gasteiger partial charge in [-0.15, -0.1) is 4.40 Å². The normalized spacial score (nSPS) is 23.8. The van der Waals surface area contributed by atoms with E-state index in [1.165, 1.54) is 6.34 Å². The Labute approximate surface area is 126 Å². The third kappa shape index (κ3) is 2.93. The van der Waals surface area contributed by atoms with Crippen LogP contribution in [0.25, 0.3) is 0 Å². The highest BCUT2D eigenvalue weighted by molar-refractivity contribution is 7.90. The zero-order chi connectivity index (χ0) is 15.8. The SMILES string of the molecule is CN(C)C=NS(=O)(=O)c1ccc([C@@H]2[C@@H](C#N)C2(C)C)cc1. The van der Waals surface area contributed by atoms with Gasteiger partial charge in [0.15, 0.2) is 0 Å². The van der Waals surface area contributed by atoms with Crippen LogP contribution in [0.15, 0.2) is 33.6 Å². The van der Waals surface area contributed by atoms with Crippen molar-refractivity contribution >= 4 is 16.4 Å². The van der Waals surface area contributed by atoms with Gasteiger partial charge < -0.3 is 4.90 Å². The van der Waals surface area contributed by atoms with Crippen LogP contribution in [0.2, 0.25) is 0 Å². The maximum absolute atomic E-state index is 12.0. The first kappa shape index (κ1) is 15.5. The summed E-state index contributed by atoms with van der Waals surface area (Å²) in [7, 11) is -0.247. The van der Waals surface area contributed by atoms with E-state index in [1.54, 1.807) is 43.3 Å². The lowest BCUT2D eigenvalue weighted by Gasteiger charge is -2.05. The Morgan fingerprint density at radius 2 is 1.86 bits per heavy atom. The largest absolute Gasteiger partial charge is 0.368 e. The minimum absolute atomic E-state index is 0.00767. The Hall–Kier alpha value is -1.87. The summed E-state index contributed by atoms with van der Waals surface area (Å²) in [5.41, 5.74) is 0.958. The molecule has 0 bridgehead atoms. The Kier molecular flexibility index (Phi) is 3.81. The summed E-state index contributed by atoms with van der Waals surface area (Å²) in [5.74, 6) is 0.163. The summed E-state index contributed by atoms with van der Waals surface area (Å²) >= 11 is 0. The Morgan fingerprint density at radius 3 is 2.29 bits per heavy atom. The molecule has 2 rings (SSSR count). The number of hydrogen-bond acceptors (Lipinski definition) is 3. The molecule has 0 heterocycles. The summed E-state index contributed by atoms with van der Waals surface area (Å²) in [6.45, 7) is 4.11. The van der Waals surface area contributed by atoms with Gasteiger partial charge >= 0.3 is 0 Å². The number of rotatable bonds is 4. The maximum Gasteiger partial charge on any atom is 0.283 e. The molecule has 1 aromatic rings. The first-order valence-electron chi connectivity index (χ1n) is 6.66. The molecule has 1 fully saturated rings. The van der Waals surface area contributed by atoms with Crippen LogP contribution in [0.5, 0.6) is 0 Å². The smallest absolute Gasteiger partial charge is 0.283 e. The van der Waals surface area contributed by atoms with Crippen LogP contribution in [0.3, 0.4) is 0 Å². The van der Waals surface area contributed by atoms with E-state index in [4.69, 9.17) is 5.26 Å². The second-order valence-electron chi connectivity index (χ2n) is 6.13. The van der Waals surface area contributed by atoms with Crippen LogP contribution in [-0.2, 0) is 10.0 Å². The molecule has 0 saturated heterocycles. The first-order valence-corrected chi connectivity index (χ1v) is 8.10. The molecule has 21 heavy (non-hydrogen) atoms. The van der Waals surface area contributed by atoms with E-state index in [2.05, 4.69) is 24.3 Å². The molecular formula is C15H19N3O2S. The van der Waals surface area contributed by atoms with E-state index in [9.17, 15) is 8.42 Å². The minimum Gasteiger partial charge on any atom is -0.368 e. The summed E-state index contributed by atoms with van der Waals surface area (Å²) in [6.07, 6.45) is 1.26. The minimum atomic E-state index is -3.66. The number of nitrogens with zero attached hydrogens (tertiary/aromatic N) is 3. The molecule has 0 unspecified atom stereocenters. The highest BCUT2D eigenvalue weighted by Gasteiger charge is 2.58. The third-order valence-electron chi connectivity index (χ3n) is 3.92. The molecule has 0 radical (unpaired) electrons. The lowest BCUT2D eigenvalue weighted by atomic mass is 10.0. The van der Waals surface area contributed by atoms with Crippen LogP contribution in [-0.4, -0.2) is 33.8 Å². The Balaban J connectivity index is 2.23. The third-order valence-corrected chi connectivity index (χ3v) is 5.16. The highest BCUT2D eigenvalue weighted by atomic mass is 32.2. The van der Waals surface area contributed by atoms with Crippen molar-refractivity contribution in [2.24, 2.45) is 15.7 Å². The van der Waals surface area contributed by atoms with Crippen molar-refractivity contribution in [3.8, 4) is 6.07 Å². The van der Waals surface area contributed by atoms with Gasteiger partial charge in [0.1, 0.15) is 6.34 Å². The van der Waals surface area contributed by atoms with Gasteiger partial charge in [0, 0.05) is 20.0 Å². The Bertz CT molecular complexity index is 697. The average Bonchev–Trinajstić information content (AvgIpc) is 2.98. The fraction of sp³-hybridized carbons (Fsp3) is 0.467. The fourth-order valence-corrected chi connectivity index (χ4v) is 3.48. The molecule has 1 saturated carbocycles. The standard InChI is InChI=1S/C15H19N3O2S/c1-15(2)13(9-16)14(15)11-5-7-12(8-6-11)21(19,20)17-10-18(3)4/h5-8,10,13-14H,1-4H3/t13-,14-/m1/s1. The van der Waals surface area contributed by atoms with Crippen LogP contribution >= 0.6 is 0 Å². The van der Waals surface area contributed by atoms with Gasteiger partial charge in [0.2, 0.25) is 0 Å². The zero-order valence-corrected chi connectivity index (χ0v) is 13.4. The molecule has 0 aromatic heterocycles. The van der Waals surface area contributed by atoms with Crippen molar-refractivity contribution in [3.63, 3.8) is 0 Å². The van der Waals surface area contributed by atoms with Crippen LogP contribution in [0.4, 0.5) is 0 Å². The van der Waals surface area contributed by atoms with E-state index < -0.39 is 10.0 Å².